The third kappa shape index (κ3) is 5.24. The molecular formula is C8H17BrO. The van der Waals surface area contributed by atoms with Gasteiger partial charge in [-0.25, -0.2) is 0 Å². The summed E-state index contributed by atoms with van der Waals surface area (Å²) in [5.74, 6) is 0.633. The van der Waals surface area contributed by atoms with Crippen LogP contribution in [0.3, 0.4) is 0 Å². The van der Waals surface area contributed by atoms with E-state index < -0.39 is 0 Å². The Hall–Kier alpha value is 0.440. The summed E-state index contributed by atoms with van der Waals surface area (Å²) < 4.78 is 5.51. The van der Waals surface area contributed by atoms with Gasteiger partial charge in [-0.2, -0.15) is 0 Å². The molecule has 0 spiro atoms. The lowest BCUT2D eigenvalue weighted by atomic mass is 10.2. The van der Waals surface area contributed by atoms with Crippen molar-refractivity contribution in [2.45, 2.75) is 33.3 Å². The average Bonchev–Trinajstić information content (AvgIpc) is 1.99. The molecule has 10 heavy (non-hydrogen) atoms. The highest BCUT2D eigenvalue weighted by atomic mass is 79.9. The van der Waals surface area contributed by atoms with Crippen molar-refractivity contribution in [2.24, 2.45) is 5.92 Å². The maximum atomic E-state index is 5.51. The van der Waals surface area contributed by atoms with E-state index in [1.54, 1.807) is 0 Å². The SMILES string of the molecule is CCC(C)OCC(C)CBr. The van der Waals surface area contributed by atoms with Crippen LogP contribution in [0.5, 0.6) is 0 Å². The van der Waals surface area contributed by atoms with Gasteiger partial charge in [0.1, 0.15) is 0 Å². The highest BCUT2D eigenvalue weighted by Gasteiger charge is 2.02. The molecule has 0 bridgehead atoms. The van der Waals surface area contributed by atoms with Crippen molar-refractivity contribution < 1.29 is 4.74 Å². The fraction of sp³-hybridized carbons (Fsp3) is 1.00. The van der Waals surface area contributed by atoms with Crippen LogP contribution in [-0.2, 0) is 4.74 Å². The van der Waals surface area contributed by atoms with Crippen molar-refractivity contribution in [3.8, 4) is 0 Å². The quantitative estimate of drug-likeness (QED) is 0.632. The van der Waals surface area contributed by atoms with E-state index in [0.717, 1.165) is 18.4 Å². The zero-order valence-corrected chi connectivity index (χ0v) is 8.65. The molecule has 0 N–H and O–H groups in total. The second-order valence-electron chi connectivity index (χ2n) is 2.81. The van der Waals surface area contributed by atoms with Crippen molar-refractivity contribution in [2.75, 3.05) is 11.9 Å². The van der Waals surface area contributed by atoms with Crippen LogP contribution in [0.2, 0.25) is 0 Å². The van der Waals surface area contributed by atoms with Gasteiger partial charge in [-0.1, -0.05) is 29.8 Å². The summed E-state index contributed by atoms with van der Waals surface area (Å²) in [6.07, 6.45) is 1.52. The summed E-state index contributed by atoms with van der Waals surface area (Å²) in [6, 6.07) is 0. The molecule has 2 unspecified atom stereocenters. The average molecular weight is 209 g/mol. The number of ether oxygens (including phenoxy) is 1. The number of hydrogen-bond donors (Lipinski definition) is 0. The summed E-state index contributed by atoms with van der Waals surface area (Å²) in [4.78, 5) is 0. The minimum atomic E-state index is 0.418. The lowest BCUT2D eigenvalue weighted by molar-refractivity contribution is 0.0466. The summed E-state index contributed by atoms with van der Waals surface area (Å²) in [5.41, 5.74) is 0. The number of halogens is 1. The molecule has 0 rings (SSSR count). The van der Waals surface area contributed by atoms with E-state index in [-0.39, 0.29) is 0 Å². The first kappa shape index (κ1) is 10.4. The lowest BCUT2D eigenvalue weighted by Gasteiger charge is -2.13. The van der Waals surface area contributed by atoms with Gasteiger partial charge in [-0.15, -0.1) is 0 Å². The number of alkyl halides is 1. The highest BCUT2D eigenvalue weighted by Crippen LogP contribution is 2.03. The maximum Gasteiger partial charge on any atom is 0.0544 e. The van der Waals surface area contributed by atoms with Crippen LogP contribution >= 0.6 is 15.9 Å². The highest BCUT2D eigenvalue weighted by molar-refractivity contribution is 9.09. The molecule has 0 aliphatic carbocycles. The molecule has 2 heteroatoms. The smallest absolute Gasteiger partial charge is 0.0544 e. The van der Waals surface area contributed by atoms with Crippen LogP contribution in [0.4, 0.5) is 0 Å². The van der Waals surface area contributed by atoms with E-state index in [4.69, 9.17) is 4.74 Å². The van der Waals surface area contributed by atoms with Gasteiger partial charge in [-0.05, 0) is 19.3 Å². The summed E-state index contributed by atoms with van der Waals surface area (Å²) in [6.45, 7) is 7.31. The van der Waals surface area contributed by atoms with Gasteiger partial charge in [0.15, 0.2) is 0 Å². The molecule has 0 amide bonds. The van der Waals surface area contributed by atoms with Crippen LogP contribution < -0.4 is 0 Å². The monoisotopic (exact) mass is 208 g/mol. The molecule has 0 fully saturated rings. The predicted molar refractivity (Wildman–Crippen MR) is 48.7 cm³/mol. The Morgan fingerprint density at radius 2 is 2.00 bits per heavy atom. The maximum absolute atomic E-state index is 5.51. The van der Waals surface area contributed by atoms with E-state index in [9.17, 15) is 0 Å². The molecule has 0 aromatic carbocycles. The topological polar surface area (TPSA) is 9.23 Å². The lowest BCUT2D eigenvalue weighted by Crippen LogP contribution is -2.13. The van der Waals surface area contributed by atoms with Crippen LogP contribution in [0.25, 0.3) is 0 Å². The third-order valence-corrected chi connectivity index (χ3v) is 2.61. The normalized spacial score (nSPS) is 16.8. The first-order valence-corrected chi connectivity index (χ1v) is 5.00. The van der Waals surface area contributed by atoms with Gasteiger partial charge in [0.25, 0.3) is 0 Å². The zero-order valence-electron chi connectivity index (χ0n) is 7.06. The summed E-state index contributed by atoms with van der Waals surface area (Å²) in [7, 11) is 0. The van der Waals surface area contributed by atoms with E-state index in [0.29, 0.717) is 12.0 Å². The number of hydrogen-bond acceptors (Lipinski definition) is 1. The molecule has 62 valence electrons. The van der Waals surface area contributed by atoms with Gasteiger partial charge < -0.3 is 4.74 Å². The minimum absolute atomic E-state index is 0.418. The van der Waals surface area contributed by atoms with E-state index in [2.05, 4.69) is 36.7 Å². The van der Waals surface area contributed by atoms with Crippen LogP contribution in [0.15, 0.2) is 0 Å². The molecule has 0 aromatic rings. The van der Waals surface area contributed by atoms with Crippen molar-refractivity contribution in [1.29, 1.82) is 0 Å². The third-order valence-electron chi connectivity index (χ3n) is 1.50. The van der Waals surface area contributed by atoms with Crippen molar-refractivity contribution in [3.63, 3.8) is 0 Å². The molecule has 2 atom stereocenters. The molecule has 0 saturated heterocycles. The van der Waals surface area contributed by atoms with Crippen molar-refractivity contribution in [3.05, 3.63) is 0 Å². The standard InChI is InChI=1S/C8H17BrO/c1-4-8(3)10-6-7(2)5-9/h7-8H,4-6H2,1-3H3. The summed E-state index contributed by atoms with van der Waals surface area (Å²) in [5, 5.41) is 1.03. The van der Waals surface area contributed by atoms with Crippen molar-refractivity contribution >= 4 is 15.9 Å². The van der Waals surface area contributed by atoms with Crippen molar-refractivity contribution in [1.82, 2.24) is 0 Å². The van der Waals surface area contributed by atoms with Gasteiger partial charge in [-0.3, -0.25) is 0 Å². The molecule has 0 aromatic heterocycles. The van der Waals surface area contributed by atoms with Gasteiger partial charge >= 0.3 is 0 Å². The molecule has 0 saturated carbocycles. The Bertz CT molecular complexity index is 65.7. The van der Waals surface area contributed by atoms with Gasteiger partial charge in [0.2, 0.25) is 0 Å². The fourth-order valence-electron chi connectivity index (χ4n) is 0.491. The molecule has 0 aliphatic heterocycles. The zero-order chi connectivity index (χ0) is 7.98. The number of rotatable bonds is 5. The second-order valence-corrected chi connectivity index (χ2v) is 3.46. The first-order chi connectivity index (χ1) is 4.70. The Balaban J connectivity index is 3.17. The largest absolute Gasteiger partial charge is 0.378 e. The fourth-order valence-corrected chi connectivity index (χ4v) is 0.678. The Kier molecular flexibility index (Phi) is 6.44. The van der Waals surface area contributed by atoms with Crippen LogP contribution in [-0.4, -0.2) is 18.0 Å². The Labute approximate surface area is 72.3 Å². The van der Waals surface area contributed by atoms with E-state index >= 15 is 0 Å². The van der Waals surface area contributed by atoms with Crippen LogP contribution in [0.1, 0.15) is 27.2 Å². The molecule has 0 aliphatic rings. The molecule has 0 heterocycles. The summed E-state index contributed by atoms with van der Waals surface area (Å²) >= 11 is 3.41. The predicted octanol–water partition coefficient (Wildman–Crippen LogP) is 2.83. The van der Waals surface area contributed by atoms with Gasteiger partial charge in [0.05, 0.1) is 12.7 Å². The Morgan fingerprint density at radius 1 is 1.40 bits per heavy atom. The molecular weight excluding hydrogens is 192 g/mol. The Morgan fingerprint density at radius 3 is 2.40 bits per heavy atom. The minimum Gasteiger partial charge on any atom is -0.378 e. The molecule has 1 nitrogen and oxygen atoms in total. The van der Waals surface area contributed by atoms with Crippen LogP contribution in [0, 0.1) is 5.92 Å². The first-order valence-electron chi connectivity index (χ1n) is 3.88. The van der Waals surface area contributed by atoms with E-state index in [1.807, 2.05) is 0 Å². The second kappa shape index (κ2) is 6.17. The molecule has 0 radical (unpaired) electrons. The van der Waals surface area contributed by atoms with Gasteiger partial charge in [0, 0.05) is 5.33 Å². The van der Waals surface area contributed by atoms with E-state index in [1.165, 1.54) is 0 Å².